The van der Waals surface area contributed by atoms with Gasteiger partial charge in [0.25, 0.3) is 0 Å². The average Bonchev–Trinajstić information content (AvgIpc) is 2.81. The van der Waals surface area contributed by atoms with E-state index in [1.54, 1.807) is 0 Å². The van der Waals surface area contributed by atoms with Crippen molar-refractivity contribution in [2.45, 2.75) is 13.1 Å². The zero-order valence-corrected chi connectivity index (χ0v) is 9.31. The summed E-state index contributed by atoms with van der Waals surface area (Å²) in [7, 11) is 0. The largest absolute Gasteiger partial charge is 0.481 e. The minimum atomic E-state index is -4.56. The molecule has 0 aliphatic carbocycles. The van der Waals surface area contributed by atoms with Crippen LogP contribution in [0.25, 0.3) is 0 Å². The maximum Gasteiger partial charge on any atom is 0.394 e. The average molecular weight is 265 g/mol. The third kappa shape index (κ3) is 2.24. The molecule has 1 N–H and O–H groups in total. The van der Waals surface area contributed by atoms with Crippen LogP contribution < -0.4 is 4.90 Å². The van der Waals surface area contributed by atoms with E-state index in [9.17, 15) is 18.0 Å². The Labute approximate surface area is 99.4 Å². The number of anilines is 1. The van der Waals surface area contributed by atoms with Gasteiger partial charge in [0.2, 0.25) is 5.89 Å². The number of halogens is 3. The highest BCUT2D eigenvalue weighted by molar-refractivity contribution is 5.72. The van der Waals surface area contributed by atoms with Gasteiger partial charge < -0.3 is 14.4 Å². The van der Waals surface area contributed by atoms with Gasteiger partial charge in [0.1, 0.15) is 0 Å². The highest BCUT2D eigenvalue weighted by Gasteiger charge is 2.53. The zero-order valence-electron chi connectivity index (χ0n) is 9.31. The lowest BCUT2D eigenvalue weighted by Crippen LogP contribution is -2.33. The maximum atomic E-state index is 12.7. The topological polar surface area (TPSA) is 79.5 Å². The standard InChI is InChI=1S/C9H10F3N3O3/c1-4-13-14-8(18-4)15-2-5(7(16)17)6(3-15)9(10,11)12/h5-6H,2-3H2,1H3,(H,16,17)/t5-,6-/m0/s1. The van der Waals surface area contributed by atoms with Crippen LogP contribution in [0.2, 0.25) is 0 Å². The molecule has 1 aliphatic rings. The van der Waals surface area contributed by atoms with Crippen molar-refractivity contribution < 1.29 is 27.5 Å². The molecule has 2 atom stereocenters. The van der Waals surface area contributed by atoms with Crippen molar-refractivity contribution in [1.82, 2.24) is 10.2 Å². The molecule has 1 aliphatic heterocycles. The van der Waals surface area contributed by atoms with Crippen LogP contribution in [0.5, 0.6) is 0 Å². The quantitative estimate of drug-likeness (QED) is 0.861. The van der Waals surface area contributed by atoms with Crippen LogP contribution in [0.4, 0.5) is 19.2 Å². The number of hydrogen-bond acceptors (Lipinski definition) is 5. The summed E-state index contributed by atoms with van der Waals surface area (Å²) in [4.78, 5) is 12.0. The SMILES string of the molecule is Cc1nnc(N2C[C@H](C(=O)O)[C@@H](C(F)(F)F)C2)o1. The van der Waals surface area contributed by atoms with Crippen molar-refractivity contribution in [3.05, 3.63) is 5.89 Å². The third-order valence-corrected chi connectivity index (χ3v) is 2.84. The van der Waals surface area contributed by atoms with Gasteiger partial charge in [0.15, 0.2) is 0 Å². The van der Waals surface area contributed by atoms with Crippen LogP contribution in [0.1, 0.15) is 5.89 Å². The number of carboxylic acid groups (broad SMARTS) is 1. The van der Waals surface area contributed by atoms with Crippen LogP contribution in [-0.2, 0) is 4.79 Å². The lowest BCUT2D eigenvalue weighted by atomic mass is 9.96. The fourth-order valence-electron chi connectivity index (χ4n) is 1.96. The molecule has 0 bridgehead atoms. The summed E-state index contributed by atoms with van der Waals surface area (Å²) in [6, 6.07) is -0.0782. The summed E-state index contributed by atoms with van der Waals surface area (Å²) in [6.07, 6.45) is -4.56. The van der Waals surface area contributed by atoms with Crippen molar-refractivity contribution in [1.29, 1.82) is 0 Å². The second kappa shape index (κ2) is 4.14. The van der Waals surface area contributed by atoms with E-state index in [-0.39, 0.29) is 18.5 Å². The van der Waals surface area contributed by atoms with Gasteiger partial charge in [-0.05, 0) is 0 Å². The Kier molecular flexibility index (Phi) is 2.91. The Morgan fingerprint density at radius 2 is 2.11 bits per heavy atom. The molecule has 1 saturated heterocycles. The monoisotopic (exact) mass is 265 g/mol. The Morgan fingerprint density at radius 1 is 1.44 bits per heavy atom. The molecule has 0 radical (unpaired) electrons. The first-order valence-electron chi connectivity index (χ1n) is 5.13. The second-order valence-electron chi connectivity index (χ2n) is 4.10. The van der Waals surface area contributed by atoms with Crippen molar-refractivity contribution in [2.24, 2.45) is 11.8 Å². The van der Waals surface area contributed by atoms with Crippen LogP contribution >= 0.6 is 0 Å². The van der Waals surface area contributed by atoms with E-state index in [1.807, 2.05) is 0 Å². The number of hydrogen-bond donors (Lipinski definition) is 1. The summed E-state index contributed by atoms with van der Waals surface area (Å²) < 4.78 is 43.1. The second-order valence-corrected chi connectivity index (χ2v) is 4.10. The lowest BCUT2D eigenvalue weighted by molar-refractivity contribution is -0.187. The van der Waals surface area contributed by atoms with Gasteiger partial charge in [0.05, 0.1) is 11.8 Å². The molecule has 9 heteroatoms. The van der Waals surface area contributed by atoms with Gasteiger partial charge >= 0.3 is 18.2 Å². The summed E-state index contributed by atoms with van der Waals surface area (Å²) in [5, 5.41) is 15.9. The fraction of sp³-hybridized carbons (Fsp3) is 0.667. The van der Waals surface area contributed by atoms with E-state index in [4.69, 9.17) is 9.52 Å². The molecule has 1 fully saturated rings. The molecular weight excluding hydrogens is 255 g/mol. The first kappa shape index (κ1) is 12.7. The van der Waals surface area contributed by atoms with Crippen LogP contribution in [0.15, 0.2) is 4.42 Å². The molecule has 2 rings (SSSR count). The Bertz CT molecular complexity index is 459. The smallest absolute Gasteiger partial charge is 0.394 e. The Balaban J connectivity index is 2.22. The molecule has 0 aromatic carbocycles. The van der Waals surface area contributed by atoms with E-state index in [2.05, 4.69) is 10.2 Å². The number of aryl methyl sites for hydroxylation is 1. The molecule has 100 valence electrons. The number of carbonyl (C=O) groups is 1. The molecule has 0 amide bonds. The van der Waals surface area contributed by atoms with Gasteiger partial charge in [0, 0.05) is 20.0 Å². The normalized spacial score (nSPS) is 24.6. The first-order valence-corrected chi connectivity index (χ1v) is 5.13. The highest BCUT2D eigenvalue weighted by Crippen LogP contribution is 2.38. The van der Waals surface area contributed by atoms with Crippen LogP contribution in [0, 0.1) is 18.8 Å². The van der Waals surface area contributed by atoms with E-state index in [0.717, 1.165) is 4.90 Å². The zero-order chi connectivity index (χ0) is 13.5. The van der Waals surface area contributed by atoms with Gasteiger partial charge in [-0.1, -0.05) is 5.10 Å². The van der Waals surface area contributed by atoms with Gasteiger partial charge in [-0.3, -0.25) is 4.79 Å². The number of carboxylic acids is 1. The first-order chi connectivity index (χ1) is 8.29. The molecule has 2 heterocycles. The summed E-state index contributed by atoms with van der Waals surface area (Å²) in [5.41, 5.74) is 0. The highest BCUT2D eigenvalue weighted by atomic mass is 19.4. The number of aromatic nitrogens is 2. The van der Waals surface area contributed by atoms with Gasteiger partial charge in [-0.25, -0.2) is 0 Å². The third-order valence-electron chi connectivity index (χ3n) is 2.84. The Hall–Kier alpha value is -1.80. The van der Waals surface area contributed by atoms with Crippen molar-refractivity contribution in [3.8, 4) is 0 Å². The minimum absolute atomic E-state index is 0.0782. The fourth-order valence-corrected chi connectivity index (χ4v) is 1.96. The van der Waals surface area contributed by atoms with E-state index < -0.39 is 30.5 Å². The van der Waals surface area contributed by atoms with Crippen molar-refractivity contribution >= 4 is 12.0 Å². The van der Waals surface area contributed by atoms with Crippen molar-refractivity contribution in [3.63, 3.8) is 0 Å². The van der Waals surface area contributed by atoms with E-state index in [1.165, 1.54) is 6.92 Å². The molecule has 1 aromatic rings. The van der Waals surface area contributed by atoms with E-state index >= 15 is 0 Å². The van der Waals surface area contributed by atoms with E-state index in [0.29, 0.717) is 0 Å². The number of rotatable bonds is 2. The predicted octanol–water partition coefficient (Wildman–Crippen LogP) is 1.08. The maximum absolute atomic E-state index is 12.7. The molecule has 0 saturated carbocycles. The van der Waals surface area contributed by atoms with Crippen LogP contribution in [0.3, 0.4) is 0 Å². The van der Waals surface area contributed by atoms with Gasteiger partial charge in [-0.15, -0.1) is 5.10 Å². The van der Waals surface area contributed by atoms with Crippen molar-refractivity contribution in [2.75, 3.05) is 18.0 Å². The van der Waals surface area contributed by atoms with Crippen LogP contribution in [-0.4, -0.2) is 40.5 Å². The molecular formula is C9H10F3N3O3. The summed E-state index contributed by atoms with van der Waals surface area (Å²) >= 11 is 0. The Morgan fingerprint density at radius 3 is 2.50 bits per heavy atom. The molecule has 0 unspecified atom stereocenters. The summed E-state index contributed by atoms with van der Waals surface area (Å²) in [6.45, 7) is 0.728. The summed E-state index contributed by atoms with van der Waals surface area (Å²) in [5.74, 6) is -4.71. The number of alkyl halides is 3. The number of nitrogens with zero attached hydrogens (tertiary/aromatic N) is 3. The molecule has 0 spiro atoms. The lowest BCUT2D eigenvalue weighted by Gasteiger charge is -2.17. The number of aliphatic carboxylic acids is 1. The molecule has 18 heavy (non-hydrogen) atoms. The molecule has 1 aromatic heterocycles. The minimum Gasteiger partial charge on any atom is -0.481 e. The van der Waals surface area contributed by atoms with Gasteiger partial charge in [-0.2, -0.15) is 13.2 Å². The molecule has 6 nitrogen and oxygen atoms in total. The predicted molar refractivity (Wildman–Crippen MR) is 51.9 cm³/mol.